The largest absolute Gasteiger partial charge is 0.484 e. The molecule has 2 aromatic rings. The smallest absolute Gasteiger partial charge is 0.262 e. The summed E-state index contributed by atoms with van der Waals surface area (Å²) < 4.78 is 5.31. The molecule has 0 aliphatic heterocycles. The number of rotatable bonds is 5. The van der Waals surface area contributed by atoms with Gasteiger partial charge < -0.3 is 21.5 Å². The molecule has 0 spiro atoms. The maximum Gasteiger partial charge on any atom is 0.262 e. The van der Waals surface area contributed by atoms with Gasteiger partial charge in [0.05, 0.1) is 0 Å². The van der Waals surface area contributed by atoms with Crippen molar-refractivity contribution in [2.75, 3.05) is 17.7 Å². The number of hydrogen-bond donors (Lipinski definition) is 3. The summed E-state index contributed by atoms with van der Waals surface area (Å²) in [5, 5.41) is 2.68. The van der Waals surface area contributed by atoms with Gasteiger partial charge in [-0.3, -0.25) is 9.59 Å². The highest BCUT2D eigenvalue weighted by Gasteiger charge is 2.05. The van der Waals surface area contributed by atoms with E-state index in [4.69, 9.17) is 16.2 Å². The number of nitrogens with one attached hydrogen (secondary N) is 1. The number of carbonyl (C=O) groups excluding carboxylic acids is 2. The molecule has 5 N–H and O–H groups in total. The third-order valence-corrected chi connectivity index (χ3v) is 2.70. The molecule has 0 aliphatic rings. The van der Waals surface area contributed by atoms with Gasteiger partial charge in [0, 0.05) is 16.9 Å². The van der Waals surface area contributed by atoms with E-state index in [0.717, 1.165) is 0 Å². The monoisotopic (exact) mass is 285 g/mol. The quantitative estimate of drug-likeness (QED) is 0.721. The van der Waals surface area contributed by atoms with Crippen molar-refractivity contribution < 1.29 is 14.3 Å². The number of primary amides is 1. The molecule has 0 radical (unpaired) electrons. The minimum Gasteiger partial charge on any atom is -0.484 e. The minimum absolute atomic E-state index is 0.139. The van der Waals surface area contributed by atoms with Gasteiger partial charge in [-0.25, -0.2) is 0 Å². The molecule has 108 valence electrons. The molecule has 0 saturated heterocycles. The summed E-state index contributed by atoms with van der Waals surface area (Å²) in [5.41, 5.74) is 12.3. The Hall–Kier alpha value is -3.02. The van der Waals surface area contributed by atoms with Crippen molar-refractivity contribution in [2.45, 2.75) is 0 Å². The standard InChI is InChI=1S/C15H15N3O3/c16-11-3-5-12(6-4-11)18-14(19)9-21-13-7-1-10(2-8-13)15(17)20/h1-8H,9,16H2,(H2,17,20)(H,18,19). The number of amides is 2. The lowest BCUT2D eigenvalue weighted by Gasteiger charge is -2.08. The molecule has 0 aromatic heterocycles. The Kier molecular flexibility index (Phi) is 4.40. The first-order valence-corrected chi connectivity index (χ1v) is 6.22. The Morgan fingerprint density at radius 3 is 2.19 bits per heavy atom. The molecule has 0 heterocycles. The molecule has 0 aliphatic carbocycles. The van der Waals surface area contributed by atoms with Gasteiger partial charge in [-0.1, -0.05) is 0 Å². The van der Waals surface area contributed by atoms with Crippen molar-refractivity contribution in [3.63, 3.8) is 0 Å². The van der Waals surface area contributed by atoms with Crippen LogP contribution in [0, 0.1) is 0 Å². The van der Waals surface area contributed by atoms with Crippen LogP contribution in [0.15, 0.2) is 48.5 Å². The molecule has 0 unspecified atom stereocenters. The van der Waals surface area contributed by atoms with E-state index < -0.39 is 5.91 Å². The van der Waals surface area contributed by atoms with Crippen LogP contribution < -0.4 is 21.5 Å². The number of anilines is 2. The second-order valence-electron chi connectivity index (χ2n) is 4.35. The van der Waals surface area contributed by atoms with E-state index in [1.165, 1.54) is 12.1 Å². The van der Waals surface area contributed by atoms with E-state index in [1.807, 2.05) is 0 Å². The Balaban J connectivity index is 1.86. The van der Waals surface area contributed by atoms with Crippen LogP contribution in [-0.4, -0.2) is 18.4 Å². The number of hydrogen-bond acceptors (Lipinski definition) is 4. The van der Waals surface area contributed by atoms with Crippen LogP contribution in [-0.2, 0) is 4.79 Å². The molecular weight excluding hydrogens is 270 g/mol. The molecule has 6 heteroatoms. The van der Waals surface area contributed by atoms with Gasteiger partial charge in [0.1, 0.15) is 5.75 Å². The lowest BCUT2D eigenvalue weighted by molar-refractivity contribution is -0.118. The normalized spacial score (nSPS) is 9.90. The molecule has 0 bridgehead atoms. The molecule has 6 nitrogen and oxygen atoms in total. The summed E-state index contributed by atoms with van der Waals surface area (Å²) >= 11 is 0. The zero-order valence-corrected chi connectivity index (χ0v) is 11.2. The highest BCUT2D eigenvalue weighted by atomic mass is 16.5. The summed E-state index contributed by atoms with van der Waals surface area (Å²) in [5.74, 6) is -0.325. The maximum absolute atomic E-state index is 11.7. The number of nitrogens with two attached hydrogens (primary N) is 2. The first-order chi connectivity index (χ1) is 10.0. The van der Waals surface area contributed by atoms with Gasteiger partial charge in [-0.2, -0.15) is 0 Å². The minimum atomic E-state index is -0.511. The fourth-order valence-electron chi connectivity index (χ4n) is 1.63. The van der Waals surface area contributed by atoms with Gasteiger partial charge >= 0.3 is 0 Å². The van der Waals surface area contributed by atoms with Gasteiger partial charge in [0.2, 0.25) is 5.91 Å². The second-order valence-corrected chi connectivity index (χ2v) is 4.35. The third-order valence-electron chi connectivity index (χ3n) is 2.70. The lowest BCUT2D eigenvalue weighted by atomic mass is 10.2. The first-order valence-electron chi connectivity index (χ1n) is 6.22. The highest BCUT2D eigenvalue weighted by molar-refractivity contribution is 5.93. The molecule has 0 saturated carbocycles. The lowest BCUT2D eigenvalue weighted by Crippen LogP contribution is -2.20. The van der Waals surface area contributed by atoms with Crippen molar-refractivity contribution in [2.24, 2.45) is 5.73 Å². The average Bonchev–Trinajstić information content (AvgIpc) is 2.48. The zero-order chi connectivity index (χ0) is 15.2. The predicted octanol–water partition coefficient (Wildman–Crippen LogP) is 1.39. The van der Waals surface area contributed by atoms with Crippen molar-refractivity contribution in [1.29, 1.82) is 0 Å². The van der Waals surface area contributed by atoms with Crippen molar-refractivity contribution in [1.82, 2.24) is 0 Å². The molecule has 2 rings (SSSR count). The van der Waals surface area contributed by atoms with E-state index in [9.17, 15) is 9.59 Å². The van der Waals surface area contributed by atoms with E-state index in [-0.39, 0.29) is 12.5 Å². The van der Waals surface area contributed by atoms with Crippen LogP contribution in [0.5, 0.6) is 5.75 Å². The maximum atomic E-state index is 11.7. The van der Waals surface area contributed by atoms with Gasteiger partial charge in [0.15, 0.2) is 6.61 Å². The molecular formula is C15H15N3O3. The molecule has 21 heavy (non-hydrogen) atoms. The number of ether oxygens (including phenoxy) is 1. The number of carbonyl (C=O) groups is 2. The SMILES string of the molecule is NC(=O)c1ccc(OCC(=O)Nc2ccc(N)cc2)cc1. The van der Waals surface area contributed by atoms with Crippen molar-refractivity contribution in [3.8, 4) is 5.75 Å². The molecule has 2 amide bonds. The summed E-state index contributed by atoms with van der Waals surface area (Å²) in [6.45, 7) is -0.139. The van der Waals surface area contributed by atoms with Crippen molar-refractivity contribution in [3.05, 3.63) is 54.1 Å². The Morgan fingerprint density at radius 2 is 1.62 bits per heavy atom. The Bertz CT molecular complexity index is 636. The summed E-state index contributed by atoms with van der Waals surface area (Å²) in [6, 6.07) is 13.0. The van der Waals surface area contributed by atoms with E-state index in [2.05, 4.69) is 5.32 Å². The van der Waals surface area contributed by atoms with Crippen LogP contribution in [0.3, 0.4) is 0 Å². The van der Waals surface area contributed by atoms with Crippen LogP contribution in [0.1, 0.15) is 10.4 Å². The van der Waals surface area contributed by atoms with Crippen LogP contribution in [0.2, 0.25) is 0 Å². The Labute approximate surface area is 121 Å². The number of benzene rings is 2. The van der Waals surface area contributed by atoms with E-state index >= 15 is 0 Å². The second kappa shape index (κ2) is 6.42. The van der Waals surface area contributed by atoms with E-state index in [0.29, 0.717) is 22.7 Å². The van der Waals surface area contributed by atoms with Gasteiger partial charge in [-0.15, -0.1) is 0 Å². The first kappa shape index (κ1) is 14.4. The molecule has 0 atom stereocenters. The highest BCUT2D eigenvalue weighted by Crippen LogP contribution is 2.13. The van der Waals surface area contributed by atoms with Crippen LogP contribution in [0.25, 0.3) is 0 Å². The third kappa shape index (κ3) is 4.24. The summed E-state index contributed by atoms with van der Waals surface area (Å²) in [4.78, 5) is 22.6. The predicted molar refractivity (Wildman–Crippen MR) is 79.9 cm³/mol. The number of nitrogen functional groups attached to an aromatic ring is 1. The van der Waals surface area contributed by atoms with Crippen LogP contribution >= 0.6 is 0 Å². The van der Waals surface area contributed by atoms with Crippen LogP contribution in [0.4, 0.5) is 11.4 Å². The molecule has 2 aromatic carbocycles. The van der Waals surface area contributed by atoms with Crippen molar-refractivity contribution >= 4 is 23.2 Å². The fraction of sp³-hybridized carbons (Fsp3) is 0.0667. The molecule has 0 fully saturated rings. The Morgan fingerprint density at radius 1 is 1.00 bits per heavy atom. The summed E-state index contributed by atoms with van der Waals surface area (Å²) in [7, 11) is 0. The van der Waals surface area contributed by atoms with Gasteiger partial charge in [-0.05, 0) is 48.5 Å². The average molecular weight is 285 g/mol. The van der Waals surface area contributed by atoms with Gasteiger partial charge in [0.25, 0.3) is 5.91 Å². The topological polar surface area (TPSA) is 107 Å². The summed E-state index contributed by atoms with van der Waals surface area (Å²) in [6.07, 6.45) is 0. The fourth-order valence-corrected chi connectivity index (χ4v) is 1.63. The zero-order valence-electron chi connectivity index (χ0n) is 11.2. The van der Waals surface area contributed by atoms with E-state index in [1.54, 1.807) is 36.4 Å².